The second kappa shape index (κ2) is 4.93. The van der Waals surface area contributed by atoms with Crippen molar-refractivity contribution in [2.45, 2.75) is 6.54 Å². The van der Waals surface area contributed by atoms with Crippen LogP contribution in [0.4, 0.5) is 13.9 Å². The van der Waals surface area contributed by atoms with Crippen molar-refractivity contribution in [3.63, 3.8) is 0 Å². The van der Waals surface area contributed by atoms with Crippen molar-refractivity contribution in [2.75, 3.05) is 5.32 Å². The zero-order valence-electron chi connectivity index (χ0n) is 9.86. The van der Waals surface area contributed by atoms with Gasteiger partial charge in [-0.15, -0.1) is 0 Å². The van der Waals surface area contributed by atoms with Crippen molar-refractivity contribution in [3.05, 3.63) is 59.7 Å². The van der Waals surface area contributed by atoms with Gasteiger partial charge in [-0.25, -0.2) is 13.8 Å². The van der Waals surface area contributed by atoms with Crippen molar-refractivity contribution in [3.8, 4) is 0 Å². The smallest absolute Gasteiger partial charge is 0.184 e. The molecule has 1 aromatic heterocycles. The molecule has 0 radical (unpaired) electrons. The zero-order chi connectivity index (χ0) is 13.2. The van der Waals surface area contributed by atoms with E-state index in [1.165, 1.54) is 35.6 Å². The molecule has 3 aromatic rings. The van der Waals surface area contributed by atoms with Gasteiger partial charge in [-0.2, -0.15) is 0 Å². The Morgan fingerprint density at radius 2 is 1.89 bits per heavy atom. The number of halogens is 2. The van der Waals surface area contributed by atoms with Crippen LogP contribution in [-0.2, 0) is 6.54 Å². The number of hydrogen-bond acceptors (Lipinski definition) is 3. The molecule has 3 rings (SSSR count). The lowest BCUT2D eigenvalue weighted by Gasteiger charge is -2.02. The zero-order valence-corrected chi connectivity index (χ0v) is 10.7. The molecule has 0 fully saturated rings. The molecule has 2 nitrogen and oxygen atoms in total. The molecule has 96 valence electrons. The Bertz CT molecular complexity index is 724. The Morgan fingerprint density at radius 3 is 2.74 bits per heavy atom. The molecular formula is C14H10F2N2S. The van der Waals surface area contributed by atoms with Crippen LogP contribution in [-0.4, -0.2) is 4.98 Å². The molecule has 0 unspecified atom stereocenters. The van der Waals surface area contributed by atoms with Gasteiger partial charge in [-0.05, 0) is 29.8 Å². The summed E-state index contributed by atoms with van der Waals surface area (Å²) in [6.07, 6.45) is 0. The van der Waals surface area contributed by atoms with Crippen LogP contribution in [0, 0.1) is 11.6 Å². The number of aromatic nitrogens is 1. The SMILES string of the molecule is Fc1cccc(CNc2nc3cc(F)ccc3s2)c1. The van der Waals surface area contributed by atoms with Crippen LogP contribution in [0.1, 0.15) is 5.56 Å². The van der Waals surface area contributed by atoms with Crippen LogP contribution in [0.2, 0.25) is 0 Å². The van der Waals surface area contributed by atoms with Gasteiger partial charge < -0.3 is 5.32 Å². The maximum absolute atomic E-state index is 13.0. The van der Waals surface area contributed by atoms with Gasteiger partial charge >= 0.3 is 0 Å². The van der Waals surface area contributed by atoms with Crippen LogP contribution >= 0.6 is 11.3 Å². The predicted molar refractivity (Wildman–Crippen MR) is 73.3 cm³/mol. The number of benzene rings is 2. The number of anilines is 1. The van der Waals surface area contributed by atoms with E-state index >= 15 is 0 Å². The molecule has 0 atom stereocenters. The summed E-state index contributed by atoms with van der Waals surface area (Å²) in [6, 6.07) is 10.9. The largest absolute Gasteiger partial charge is 0.357 e. The van der Waals surface area contributed by atoms with Crippen LogP contribution in [0.25, 0.3) is 10.2 Å². The maximum Gasteiger partial charge on any atom is 0.184 e. The van der Waals surface area contributed by atoms with Crippen LogP contribution in [0.3, 0.4) is 0 Å². The third kappa shape index (κ3) is 2.71. The van der Waals surface area contributed by atoms with Crippen molar-refractivity contribution >= 4 is 26.7 Å². The molecule has 0 aliphatic carbocycles. The van der Waals surface area contributed by atoms with Gasteiger partial charge in [-0.3, -0.25) is 0 Å². The minimum atomic E-state index is -0.297. The number of nitrogens with zero attached hydrogens (tertiary/aromatic N) is 1. The average molecular weight is 276 g/mol. The summed E-state index contributed by atoms with van der Waals surface area (Å²) in [5, 5.41) is 3.81. The van der Waals surface area contributed by atoms with Crippen LogP contribution in [0.5, 0.6) is 0 Å². The van der Waals surface area contributed by atoms with E-state index in [1.54, 1.807) is 12.1 Å². The van der Waals surface area contributed by atoms with Gasteiger partial charge in [-0.1, -0.05) is 23.5 Å². The molecule has 5 heteroatoms. The van der Waals surface area contributed by atoms with Gasteiger partial charge in [0.25, 0.3) is 0 Å². The maximum atomic E-state index is 13.0. The van der Waals surface area contributed by atoms with Gasteiger partial charge in [0, 0.05) is 12.6 Å². The Hall–Kier alpha value is -2.01. The van der Waals surface area contributed by atoms with Crippen molar-refractivity contribution in [2.24, 2.45) is 0 Å². The van der Waals surface area contributed by atoms with Crippen molar-refractivity contribution in [1.29, 1.82) is 0 Å². The van der Waals surface area contributed by atoms with Crippen LogP contribution < -0.4 is 5.32 Å². The van der Waals surface area contributed by atoms with E-state index < -0.39 is 0 Å². The quantitative estimate of drug-likeness (QED) is 0.776. The lowest BCUT2D eigenvalue weighted by Crippen LogP contribution is -1.98. The Balaban J connectivity index is 1.78. The van der Waals surface area contributed by atoms with E-state index in [0.717, 1.165) is 10.3 Å². The highest BCUT2D eigenvalue weighted by Crippen LogP contribution is 2.26. The van der Waals surface area contributed by atoms with Gasteiger partial charge in [0.1, 0.15) is 11.6 Å². The summed E-state index contributed by atoms with van der Waals surface area (Å²) in [5.41, 5.74) is 1.47. The minimum absolute atomic E-state index is 0.259. The molecule has 0 aliphatic heterocycles. The first-order chi connectivity index (χ1) is 9.20. The number of hydrogen-bond donors (Lipinski definition) is 1. The molecular weight excluding hydrogens is 266 g/mol. The molecule has 0 bridgehead atoms. The molecule has 0 saturated carbocycles. The van der Waals surface area contributed by atoms with E-state index in [1.807, 2.05) is 6.07 Å². The van der Waals surface area contributed by atoms with E-state index in [-0.39, 0.29) is 11.6 Å². The summed E-state index contributed by atoms with van der Waals surface area (Å²) in [5.74, 6) is -0.555. The third-order valence-electron chi connectivity index (χ3n) is 2.68. The fourth-order valence-corrected chi connectivity index (χ4v) is 2.64. The molecule has 0 aliphatic rings. The number of fused-ring (bicyclic) bond motifs is 1. The van der Waals surface area contributed by atoms with Gasteiger partial charge in [0.15, 0.2) is 5.13 Å². The summed E-state index contributed by atoms with van der Waals surface area (Å²) >= 11 is 1.45. The molecule has 0 spiro atoms. The first kappa shape index (κ1) is 12.0. The number of nitrogens with one attached hydrogen (secondary N) is 1. The van der Waals surface area contributed by atoms with E-state index in [2.05, 4.69) is 10.3 Å². The third-order valence-corrected chi connectivity index (χ3v) is 3.68. The topological polar surface area (TPSA) is 24.9 Å². The van der Waals surface area contributed by atoms with E-state index in [9.17, 15) is 8.78 Å². The Kier molecular flexibility index (Phi) is 3.13. The second-order valence-electron chi connectivity index (χ2n) is 4.11. The molecule has 1 heterocycles. The summed E-state index contributed by atoms with van der Waals surface area (Å²) < 4.78 is 27.0. The van der Waals surface area contributed by atoms with Crippen molar-refractivity contribution < 1.29 is 8.78 Å². The first-order valence-electron chi connectivity index (χ1n) is 5.75. The highest BCUT2D eigenvalue weighted by atomic mass is 32.1. The predicted octanol–water partition coefficient (Wildman–Crippen LogP) is 4.19. The van der Waals surface area contributed by atoms with E-state index in [0.29, 0.717) is 17.2 Å². The van der Waals surface area contributed by atoms with Gasteiger partial charge in [0.2, 0.25) is 0 Å². The van der Waals surface area contributed by atoms with E-state index in [4.69, 9.17) is 0 Å². The van der Waals surface area contributed by atoms with Gasteiger partial charge in [0.05, 0.1) is 10.2 Å². The standard InChI is InChI=1S/C14H10F2N2S/c15-10-3-1-2-9(6-10)8-17-14-18-12-7-11(16)4-5-13(12)19-14/h1-7H,8H2,(H,17,18). The number of thiazole rings is 1. The number of rotatable bonds is 3. The minimum Gasteiger partial charge on any atom is -0.357 e. The Labute approximate surface area is 112 Å². The Morgan fingerprint density at radius 1 is 1.05 bits per heavy atom. The summed E-state index contributed by atoms with van der Waals surface area (Å²) in [4.78, 5) is 4.28. The molecule has 0 saturated heterocycles. The van der Waals surface area contributed by atoms with Crippen LogP contribution in [0.15, 0.2) is 42.5 Å². The molecule has 19 heavy (non-hydrogen) atoms. The average Bonchev–Trinajstić information content (AvgIpc) is 2.78. The van der Waals surface area contributed by atoms with Crippen molar-refractivity contribution in [1.82, 2.24) is 4.98 Å². The molecule has 2 aromatic carbocycles. The monoisotopic (exact) mass is 276 g/mol. The first-order valence-corrected chi connectivity index (χ1v) is 6.57. The highest BCUT2D eigenvalue weighted by Gasteiger charge is 2.04. The second-order valence-corrected chi connectivity index (χ2v) is 5.15. The fraction of sp³-hybridized carbons (Fsp3) is 0.0714. The fourth-order valence-electron chi connectivity index (χ4n) is 1.80. The highest BCUT2D eigenvalue weighted by molar-refractivity contribution is 7.22. The molecule has 0 amide bonds. The normalized spacial score (nSPS) is 10.8. The summed E-state index contributed by atoms with van der Waals surface area (Å²) in [6.45, 7) is 0.486. The molecule has 1 N–H and O–H groups in total. The lowest BCUT2D eigenvalue weighted by atomic mass is 10.2. The summed E-state index contributed by atoms with van der Waals surface area (Å²) in [7, 11) is 0. The lowest BCUT2D eigenvalue weighted by molar-refractivity contribution is 0.626.